The Hall–Kier alpha value is -1.82. The molecule has 0 bridgehead atoms. The Bertz CT molecular complexity index is 671. The number of hydrogen-bond acceptors (Lipinski definition) is 3. The van der Waals surface area contributed by atoms with E-state index >= 15 is 0 Å². The number of carboxylic acids is 1. The Kier molecular flexibility index (Phi) is 4.37. The summed E-state index contributed by atoms with van der Waals surface area (Å²) in [5.74, 6) is -0.251. The van der Waals surface area contributed by atoms with Crippen molar-refractivity contribution in [3.05, 3.63) is 44.7 Å². The second-order valence-corrected chi connectivity index (χ2v) is 5.96. The van der Waals surface area contributed by atoms with Gasteiger partial charge in [-0.15, -0.1) is 0 Å². The van der Waals surface area contributed by atoms with E-state index in [4.69, 9.17) is 4.74 Å². The smallest absolute Gasteiger partial charge is 0.339 e. The van der Waals surface area contributed by atoms with Crippen molar-refractivity contribution in [1.29, 1.82) is 0 Å². The molecule has 1 unspecified atom stereocenters. The van der Waals surface area contributed by atoms with E-state index in [0.29, 0.717) is 11.4 Å². The van der Waals surface area contributed by atoms with Gasteiger partial charge in [0.05, 0.1) is 0 Å². The molecule has 1 aromatic carbocycles. The van der Waals surface area contributed by atoms with Crippen LogP contribution in [0.3, 0.4) is 0 Å². The van der Waals surface area contributed by atoms with Crippen LogP contribution in [0.5, 0.6) is 5.75 Å². The van der Waals surface area contributed by atoms with Crippen LogP contribution < -0.4 is 4.74 Å². The zero-order chi connectivity index (χ0) is 15.7. The van der Waals surface area contributed by atoms with Gasteiger partial charge in [-0.1, -0.05) is 15.9 Å². The maximum absolute atomic E-state index is 11.3. The normalized spacial score (nSPS) is 12.2. The van der Waals surface area contributed by atoms with Crippen molar-refractivity contribution >= 4 is 21.9 Å². The molecule has 5 nitrogen and oxygen atoms in total. The molecular formula is C15H17BrN2O3. The average molecular weight is 353 g/mol. The van der Waals surface area contributed by atoms with Crippen LogP contribution >= 0.6 is 15.9 Å². The van der Waals surface area contributed by atoms with Gasteiger partial charge in [-0.3, -0.25) is 5.10 Å². The van der Waals surface area contributed by atoms with Crippen LogP contribution in [0.1, 0.15) is 45.9 Å². The first-order valence-corrected chi connectivity index (χ1v) is 7.32. The molecule has 0 saturated carbocycles. The number of ether oxygens (including phenoxy) is 1. The minimum Gasteiger partial charge on any atom is -0.484 e. The van der Waals surface area contributed by atoms with E-state index in [-0.39, 0.29) is 5.56 Å². The van der Waals surface area contributed by atoms with Crippen molar-refractivity contribution in [3.63, 3.8) is 0 Å². The van der Waals surface area contributed by atoms with Crippen LogP contribution in [0.25, 0.3) is 0 Å². The molecule has 0 amide bonds. The van der Waals surface area contributed by atoms with Crippen LogP contribution in [-0.4, -0.2) is 21.3 Å². The summed E-state index contributed by atoms with van der Waals surface area (Å²) in [5, 5.41) is 16.0. The lowest BCUT2D eigenvalue weighted by Crippen LogP contribution is -2.11. The molecule has 1 atom stereocenters. The third kappa shape index (κ3) is 3.10. The van der Waals surface area contributed by atoms with Gasteiger partial charge in [0.15, 0.2) is 0 Å². The van der Waals surface area contributed by atoms with Crippen LogP contribution in [0.2, 0.25) is 0 Å². The van der Waals surface area contributed by atoms with Crippen molar-refractivity contribution in [3.8, 4) is 5.75 Å². The number of halogens is 1. The van der Waals surface area contributed by atoms with Crippen molar-refractivity contribution in [2.24, 2.45) is 0 Å². The second-order valence-electron chi connectivity index (χ2n) is 5.04. The van der Waals surface area contributed by atoms with E-state index in [9.17, 15) is 9.90 Å². The van der Waals surface area contributed by atoms with Crippen molar-refractivity contribution < 1.29 is 14.6 Å². The summed E-state index contributed by atoms with van der Waals surface area (Å²) < 4.78 is 6.94. The van der Waals surface area contributed by atoms with Crippen molar-refractivity contribution in [1.82, 2.24) is 10.2 Å². The fraction of sp³-hybridized carbons (Fsp3) is 0.333. The molecule has 0 aliphatic rings. The highest BCUT2D eigenvalue weighted by molar-refractivity contribution is 9.10. The zero-order valence-electron chi connectivity index (χ0n) is 12.3. The molecule has 0 aliphatic carbocycles. The van der Waals surface area contributed by atoms with Crippen LogP contribution in [-0.2, 0) is 0 Å². The number of nitrogens with zero attached hydrogens (tertiary/aromatic N) is 1. The highest BCUT2D eigenvalue weighted by Gasteiger charge is 2.23. The molecular weight excluding hydrogens is 336 g/mol. The molecule has 2 aromatic rings. The summed E-state index contributed by atoms with van der Waals surface area (Å²) in [5.41, 5.74) is 3.07. The van der Waals surface area contributed by atoms with Gasteiger partial charge >= 0.3 is 5.97 Å². The Morgan fingerprint density at radius 1 is 1.33 bits per heavy atom. The summed E-state index contributed by atoms with van der Waals surface area (Å²) in [6.07, 6.45) is -0.459. The lowest BCUT2D eigenvalue weighted by molar-refractivity contribution is 0.0691. The number of nitrogens with one attached hydrogen (secondary N) is 1. The molecule has 2 N–H and O–H groups in total. The van der Waals surface area contributed by atoms with Gasteiger partial charge in [-0.25, -0.2) is 4.79 Å². The third-order valence-electron chi connectivity index (χ3n) is 3.29. The molecule has 112 valence electrons. The maximum atomic E-state index is 11.3. The Morgan fingerprint density at radius 2 is 1.90 bits per heavy atom. The SMILES string of the molecule is Cc1cc(Br)cc(C)c1OC(C)c1n[nH]c(C)c1C(=O)O. The van der Waals surface area contributed by atoms with E-state index in [1.54, 1.807) is 13.8 Å². The van der Waals surface area contributed by atoms with Gasteiger partial charge in [0.25, 0.3) is 0 Å². The summed E-state index contributed by atoms with van der Waals surface area (Å²) in [6, 6.07) is 3.92. The molecule has 0 saturated heterocycles. The molecule has 0 radical (unpaired) electrons. The van der Waals surface area contributed by atoms with E-state index in [1.807, 2.05) is 26.0 Å². The largest absolute Gasteiger partial charge is 0.484 e. The number of aromatic carboxylic acids is 1. The van der Waals surface area contributed by atoms with Gasteiger partial charge in [-0.2, -0.15) is 5.10 Å². The summed E-state index contributed by atoms with van der Waals surface area (Å²) in [7, 11) is 0. The van der Waals surface area contributed by atoms with Crippen LogP contribution in [0, 0.1) is 20.8 Å². The van der Waals surface area contributed by atoms with Gasteiger partial charge < -0.3 is 9.84 Å². The van der Waals surface area contributed by atoms with Gasteiger partial charge in [-0.05, 0) is 51.0 Å². The number of hydrogen-bond donors (Lipinski definition) is 2. The van der Waals surface area contributed by atoms with Gasteiger partial charge in [0.1, 0.15) is 23.1 Å². The molecule has 6 heteroatoms. The molecule has 1 heterocycles. The van der Waals surface area contributed by atoms with E-state index < -0.39 is 12.1 Å². The number of carboxylic acid groups (broad SMARTS) is 1. The van der Waals surface area contributed by atoms with Crippen LogP contribution in [0.15, 0.2) is 16.6 Å². The number of aryl methyl sites for hydroxylation is 3. The summed E-state index contributed by atoms with van der Waals surface area (Å²) >= 11 is 3.44. The minimum atomic E-state index is -1.00. The first kappa shape index (κ1) is 15.6. The zero-order valence-corrected chi connectivity index (χ0v) is 13.9. The third-order valence-corrected chi connectivity index (χ3v) is 3.75. The van der Waals surface area contributed by atoms with E-state index in [1.165, 1.54) is 0 Å². The monoisotopic (exact) mass is 352 g/mol. The number of rotatable bonds is 4. The van der Waals surface area contributed by atoms with E-state index in [0.717, 1.165) is 21.3 Å². The average Bonchev–Trinajstić information content (AvgIpc) is 2.75. The molecule has 2 rings (SSSR count). The van der Waals surface area contributed by atoms with Gasteiger partial charge in [0.2, 0.25) is 0 Å². The molecule has 21 heavy (non-hydrogen) atoms. The molecule has 0 spiro atoms. The van der Waals surface area contributed by atoms with Gasteiger partial charge in [0, 0.05) is 10.2 Å². The van der Waals surface area contributed by atoms with Crippen LogP contribution in [0.4, 0.5) is 0 Å². The number of H-pyrrole nitrogens is 1. The number of aromatic amines is 1. The summed E-state index contributed by atoms with van der Waals surface area (Å²) in [6.45, 7) is 7.38. The first-order chi connectivity index (χ1) is 9.81. The molecule has 0 fully saturated rings. The highest BCUT2D eigenvalue weighted by atomic mass is 79.9. The fourth-order valence-corrected chi connectivity index (χ4v) is 3.01. The predicted octanol–water partition coefficient (Wildman–Crippen LogP) is 3.94. The Morgan fingerprint density at radius 3 is 2.43 bits per heavy atom. The minimum absolute atomic E-state index is 0.176. The second kappa shape index (κ2) is 5.89. The highest BCUT2D eigenvalue weighted by Crippen LogP contribution is 2.31. The van der Waals surface area contributed by atoms with E-state index in [2.05, 4.69) is 26.1 Å². The lowest BCUT2D eigenvalue weighted by atomic mass is 10.1. The quantitative estimate of drug-likeness (QED) is 0.873. The Labute approximate surface area is 131 Å². The fourth-order valence-electron chi connectivity index (χ4n) is 2.33. The summed E-state index contributed by atoms with van der Waals surface area (Å²) in [4.78, 5) is 11.3. The molecule has 0 aliphatic heterocycles. The number of carbonyl (C=O) groups is 1. The first-order valence-electron chi connectivity index (χ1n) is 6.52. The molecule has 1 aromatic heterocycles. The van der Waals surface area contributed by atoms with Crippen molar-refractivity contribution in [2.45, 2.75) is 33.8 Å². The maximum Gasteiger partial charge on any atom is 0.339 e. The number of aromatic nitrogens is 2. The standard InChI is InChI=1S/C15H17BrN2O3/c1-7-5-11(16)6-8(2)14(7)21-10(4)13-12(15(19)20)9(3)17-18-13/h5-6,10H,1-4H3,(H,17,18)(H,19,20). The predicted molar refractivity (Wildman–Crippen MR) is 82.9 cm³/mol. The number of benzene rings is 1. The van der Waals surface area contributed by atoms with Crippen molar-refractivity contribution in [2.75, 3.05) is 0 Å². The topological polar surface area (TPSA) is 75.2 Å². The Balaban J connectivity index is 2.35. The lowest BCUT2D eigenvalue weighted by Gasteiger charge is -2.18.